The van der Waals surface area contributed by atoms with Crippen molar-refractivity contribution in [2.24, 2.45) is 11.3 Å². The Morgan fingerprint density at radius 3 is 2.78 bits per heavy atom. The first-order chi connectivity index (χ1) is 15.3. The molecule has 1 N–H and O–H groups in total. The van der Waals surface area contributed by atoms with Crippen molar-refractivity contribution in [3.05, 3.63) is 102 Å². The van der Waals surface area contributed by atoms with E-state index in [0.29, 0.717) is 0 Å². The SMILES string of the molecule is C=C/C=C\C=C(/C)C(=C)C(O)C1CCCC2=Cc3c(cnn3-c3ccc(F)cc3)C[C@@]21C. The molecule has 32 heavy (non-hydrogen) atoms. The molecule has 2 aliphatic rings. The summed E-state index contributed by atoms with van der Waals surface area (Å²) in [6.45, 7) is 12.2. The van der Waals surface area contributed by atoms with Gasteiger partial charge in [-0.2, -0.15) is 5.10 Å². The number of halogens is 1. The lowest BCUT2D eigenvalue weighted by Crippen LogP contribution is -2.43. The number of aliphatic hydroxyl groups is 1. The van der Waals surface area contributed by atoms with Crippen LogP contribution in [0.1, 0.15) is 44.4 Å². The van der Waals surface area contributed by atoms with E-state index in [2.05, 4.69) is 31.3 Å². The Morgan fingerprint density at radius 1 is 1.31 bits per heavy atom. The van der Waals surface area contributed by atoms with Crippen molar-refractivity contribution in [3.63, 3.8) is 0 Å². The zero-order chi connectivity index (χ0) is 22.9. The Morgan fingerprint density at radius 2 is 2.06 bits per heavy atom. The van der Waals surface area contributed by atoms with Crippen molar-refractivity contribution in [1.82, 2.24) is 9.78 Å². The van der Waals surface area contributed by atoms with E-state index < -0.39 is 6.10 Å². The van der Waals surface area contributed by atoms with E-state index in [-0.39, 0.29) is 17.2 Å². The van der Waals surface area contributed by atoms with Crippen LogP contribution in [0.2, 0.25) is 0 Å². The molecule has 3 atom stereocenters. The first-order valence-corrected chi connectivity index (χ1v) is 11.2. The largest absolute Gasteiger partial charge is 0.388 e. The van der Waals surface area contributed by atoms with Crippen molar-refractivity contribution in [2.75, 3.05) is 0 Å². The maximum absolute atomic E-state index is 13.4. The van der Waals surface area contributed by atoms with Gasteiger partial charge in [-0.15, -0.1) is 0 Å². The summed E-state index contributed by atoms with van der Waals surface area (Å²) in [5, 5.41) is 16.0. The highest BCUT2D eigenvalue weighted by Crippen LogP contribution is 2.53. The molecular formula is C28H31FN2O. The molecule has 0 spiro atoms. The Hall–Kier alpha value is -2.98. The second-order valence-corrected chi connectivity index (χ2v) is 9.15. The van der Waals surface area contributed by atoms with E-state index >= 15 is 0 Å². The molecule has 0 saturated heterocycles. The van der Waals surface area contributed by atoms with Gasteiger partial charge in [-0.25, -0.2) is 9.07 Å². The summed E-state index contributed by atoms with van der Waals surface area (Å²) in [6.07, 6.45) is 14.9. The van der Waals surface area contributed by atoms with Crippen LogP contribution in [0.15, 0.2) is 84.6 Å². The molecule has 2 unspecified atom stereocenters. The summed E-state index contributed by atoms with van der Waals surface area (Å²) < 4.78 is 15.3. The minimum atomic E-state index is -0.606. The minimum Gasteiger partial charge on any atom is -0.388 e. The van der Waals surface area contributed by atoms with Gasteiger partial charge in [-0.1, -0.05) is 50.0 Å². The topological polar surface area (TPSA) is 38.1 Å². The van der Waals surface area contributed by atoms with Gasteiger partial charge in [0.2, 0.25) is 0 Å². The molecule has 1 aromatic carbocycles. The van der Waals surface area contributed by atoms with Crippen LogP contribution in [-0.4, -0.2) is 21.0 Å². The van der Waals surface area contributed by atoms with Crippen molar-refractivity contribution in [3.8, 4) is 5.69 Å². The van der Waals surface area contributed by atoms with E-state index in [1.165, 1.54) is 17.7 Å². The van der Waals surface area contributed by atoms with Crippen molar-refractivity contribution in [1.29, 1.82) is 0 Å². The second-order valence-electron chi connectivity index (χ2n) is 9.15. The smallest absolute Gasteiger partial charge is 0.123 e. The quantitative estimate of drug-likeness (QED) is 0.541. The predicted molar refractivity (Wildman–Crippen MR) is 129 cm³/mol. The molecule has 4 rings (SSSR count). The Labute approximate surface area is 190 Å². The third-order valence-corrected chi connectivity index (χ3v) is 7.18. The average molecular weight is 431 g/mol. The molecule has 1 aromatic heterocycles. The average Bonchev–Trinajstić information content (AvgIpc) is 3.18. The molecule has 2 aliphatic carbocycles. The lowest BCUT2D eigenvalue weighted by molar-refractivity contribution is 0.0474. The molecular weight excluding hydrogens is 399 g/mol. The summed E-state index contributed by atoms with van der Waals surface area (Å²) in [4.78, 5) is 0. The lowest BCUT2D eigenvalue weighted by atomic mass is 9.57. The molecule has 166 valence electrons. The van der Waals surface area contributed by atoms with Crippen LogP contribution < -0.4 is 0 Å². The summed E-state index contributed by atoms with van der Waals surface area (Å²) in [5.74, 6) is -0.168. The van der Waals surface area contributed by atoms with Crippen LogP contribution in [0.4, 0.5) is 4.39 Å². The first-order valence-electron chi connectivity index (χ1n) is 11.2. The van der Waals surface area contributed by atoms with Gasteiger partial charge in [0, 0.05) is 0 Å². The molecule has 3 nitrogen and oxygen atoms in total. The summed E-state index contributed by atoms with van der Waals surface area (Å²) in [6, 6.07) is 6.43. The van der Waals surface area contributed by atoms with E-state index in [1.807, 2.05) is 36.0 Å². The zero-order valence-corrected chi connectivity index (χ0v) is 18.9. The van der Waals surface area contributed by atoms with Gasteiger partial charge in [0.05, 0.1) is 23.7 Å². The fourth-order valence-electron chi connectivity index (χ4n) is 5.23. The summed E-state index contributed by atoms with van der Waals surface area (Å²) in [5.41, 5.74) is 6.03. The van der Waals surface area contributed by atoms with Crippen molar-refractivity contribution < 1.29 is 9.50 Å². The molecule has 2 aromatic rings. The molecule has 0 radical (unpaired) electrons. The van der Waals surface area contributed by atoms with Crippen LogP contribution in [-0.2, 0) is 6.42 Å². The number of nitrogens with zero attached hydrogens (tertiary/aromatic N) is 2. The molecule has 1 heterocycles. The number of fused-ring (bicyclic) bond motifs is 2. The lowest BCUT2D eigenvalue weighted by Gasteiger charge is -2.48. The molecule has 0 amide bonds. The van der Waals surface area contributed by atoms with Gasteiger partial charge < -0.3 is 5.11 Å². The first kappa shape index (κ1) is 22.2. The third-order valence-electron chi connectivity index (χ3n) is 7.18. The summed E-state index contributed by atoms with van der Waals surface area (Å²) >= 11 is 0. The second kappa shape index (κ2) is 8.87. The monoisotopic (exact) mass is 430 g/mol. The number of hydrogen-bond donors (Lipinski definition) is 1. The maximum atomic E-state index is 13.4. The van der Waals surface area contributed by atoms with Crippen LogP contribution in [0, 0.1) is 17.2 Å². The van der Waals surface area contributed by atoms with Crippen molar-refractivity contribution in [2.45, 2.75) is 45.6 Å². The van der Waals surface area contributed by atoms with Crippen LogP contribution in [0.5, 0.6) is 0 Å². The van der Waals surface area contributed by atoms with Crippen molar-refractivity contribution >= 4 is 6.08 Å². The number of allylic oxidation sites excluding steroid dienone is 5. The van der Waals surface area contributed by atoms with Gasteiger partial charge >= 0.3 is 0 Å². The number of benzene rings is 1. The van der Waals surface area contributed by atoms with Gasteiger partial charge in [0.25, 0.3) is 0 Å². The Kier molecular flexibility index (Phi) is 6.16. The Bertz CT molecular complexity index is 1120. The van der Waals surface area contributed by atoms with Gasteiger partial charge in [-0.05, 0) is 91.0 Å². The van der Waals surface area contributed by atoms with E-state index in [0.717, 1.165) is 53.8 Å². The molecule has 1 fully saturated rings. The van der Waals surface area contributed by atoms with E-state index in [1.54, 1.807) is 18.2 Å². The number of rotatable bonds is 6. The predicted octanol–water partition coefficient (Wildman–Crippen LogP) is 6.36. The fourth-order valence-corrected chi connectivity index (χ4v) is 5.23. The molecule has 4 heteroatoms. The van der Waals surface area contributed by atoms with Crippen LogP contribution in [0.3, 0.4) is 0 Å². The highest BCUT2D eigenvalue weighted by molar-refractivity contribution is 5.61. The maximum Gasteiger partial charge on any atom is 0.123 e. The number of aromatic nitrogens is 2. The third kappa shape index (κ3) is 3.95. The van der Waals surface area contributed by atoms with Gasteiger partial charge in [0.1, 0.15) is 5.82 Å². The number of hydrogen-bond acceptors (Lipinski definition) is 2. The molecule has 0 aliphatic heterocycles. The van der Waals surface area contributed by atoms with E-state index in [4.69, 9.17) is 0 Å². The highest BCUT2D eigenvalue weighted by Gasteiger charge is 2.46. The van der Waals surface area contributed by atoms with Crippen LogP contribution >= 0.6 is 0 Å². The minimum absolute atomic E-state index is 0.0871. The number of aliphatic hydroxyl groups excluding tert-OH is 1. The molecule has 0 bridgehead atoms. The highest BCUT2D eigenvalue weighted by atomic mass is 19.1. The normalized spacial score (nSPS) is 23.9. The Balaban J connectivity index is 1.65. The van der Waals surface area contributed by atoms with E-state index in [9.17, 15) is 9.50 Å². The molecule has 1 saturated carbocycles. The van der Waals surface area contributed by atoms with Crippen LogP contribution in [0.25, 0.3) is 11.8 Å². The van der Waals surface area contributed by atoms with Gasteiger partial charge in [0.15, 0.2) is 0 Å². The fraction of sp³-hybridized carbons (Fsp3) is 0.321. The van der Waals surface area contributed by atoms with Gasteiger partial charge in [-0.3, -0.25) is 0 Å². The zero-order valence-electron chi connectivity index (χ0n) is 18.9. The standard InChI is InChI=1S/C28H31FN2O/c1-5-6-7-9-19(2)20(3)27(32)25-11-8-10-22-16-26-21(17-28(22,25)4)18-30-31(26)24-14-12-23(29)13-15-24/h5-7,9,12-16,18,25,27,32H,1,3,8,10-11,17H2,2,4H3/b7-6-,19-9+/t25?,27?,28-/m0/s1. The summed E-state index contributed by atoms with van der Waals surface area (Å²) in [7, 11) is 0.